The Balaban J connectivity index is 1.59. The number of rotatable bonds is 4. The van der Waals surface area contributed by atoms with E-state index in [1.54, 1.807) is 13.2 Å². The molecule has 0 aromatic carbocycles. The van der Waals surface area contributed by atoms with Gasteiger partial charge in [-0.3, -0.25) is 0 Å². The number of ether oxygens (including phenoxy) is 2. The predicted molar refractivity (Wildman–Crippen MR) is 70.4 cm³/mol. The fourth-order valence-corrected chi connectivity index (χ4v) is 2.08. The Hall–Kier alpha value is -2.22. The molecular weight excluding hydrogens is 260 g/mol. The Morgan fingerprint density at radius 3 is 3.25 bits per heavy atom. The van der Waals surface area contributed by atoms with E-state index in [1.807, 2.05) is 11.6 Å². The van der Waals surface area contributed by atoms with Crippen molar-refractivity contribution in [2.24, 2.45) is 0 Å². The van der Waals surface area contributed by atoms with Crippen LogP contribution in [-0.2, 0) is 17.9 Å². The third-order valence-electron chi connectivity index (χ3n) is 3.23. The van der Waals surface area contributed by atoms with Gasteiger partial charge in [0.1, 0.15) is 12.1 Å². The number of hydrogen-bond acceptors (Lipinski definition) is 7. The molecular formula is C12H16N6O2. The summed E-state index contributed by atoms with van der Waals surface area (Å²) < 4.78 is 12.7. The molecule has 0 fully saturated rings. The summed E-state index contributed by atoms with van der Waals surface area (Å²) in [5, 5.41) is 11.4. The third-order valence-corrected chi connectivity index (χ3v) is 3.23. The van der Waals surface area contributed by atoms with Crippen molar-refractivity contribution >= 4 is 5.82 Å². The molecule has 0 bridgehead atoms. The van der Waals surface area contributed by atoms with E-state index in [0.717, 1.165) is 11.4 Å². The van der Waals surface area contributed by atoms with Crippen LogP contribution < -0.4 is 10.1 Å². The van der Waals surface area contributed by atoms with Gasteiger partial charge in [-0.2, -0.15) is 0 Å². The first kappa shape index (κ1) is 12.8. The molecule has 2 aromatic heterocycles. The first-order valence-electron chi connectivity index (χ1n) is 6.36. The topological polar surface area (TPSA) is 87.0 Å². The van der Waals surface area contributed by atoms with Gasteiger partial charge < -0.3 is 14.8 Å². The fourth-order valence-electron chi connectivity index (χ4n) is 2.08. The lowest BCUT2D eigenvalue weighted by Gasteiger charge is -2.24. The summed E-state index contributed by atoms with van der Waals surface area (Å²) in [5.74, 6) is 1.24. The highest BCUT2D eigenvalue weighted by molar-refractivity contribution is 5.37. The standard InChI is InChI=1S/C12H16N6O2/c1-8-10-6-20-9(5-18(10)17-16-8)4-13-11-3-12(19-2)15-7-14-11/h3,7,9H,4-6H2,1-2H3,(H,13,14,15)/t9-/m1/s1. The molecule has 1 N–H and O–H groups in total. The molecule has 0 saturated heterocycles. The van der Waals surface area contributed by atoms with Gasteiger partial charge in [0, 0.05) is 12.6 Å². The van der Waals surface area contributed by atoms with Crippen LogP contribution in [0.5, 0.6) is 5.88 Å². The van der Waals surface area contributed by atoms with Crippen LogP contribution in [0.15, 0.2) is 12.4 Å². The Bertz CT molecular complexity index is 599. The highest BCUT2D eigenvalue weighted by Gasteiger charge is 2.22. The first-order valence-corrected chi connectivity index (χ1v) is 6.36. The zero-order valence-corrected chi connectivity index (χ0v) is 11.4. The van der Waals surface area contributed by atoms with Crippen LogP contribution in [0, 0.1) is 6.92 Å². The number of anilines is 1. The summed E-state index contributed by atoms with van der Waals surface area (Å²) >= 11 is 0. The van der Waals surface area contributed by atoms with Crippen molar-refractivity contribution in [3.8, 4) is 5.88 Å². The molecule has 3 rings (SSSR count). The number of methoxy groups -OCH3 is 1. The lowest BCUT2D eigenvalue weighted by molar-refractivity contribution is 0.00825. The number of hydrogen-bond donors (Lipinski definition) is 1. The van der Waals surface area contributed by atoms with Crippen LogP contribution in [0.3, 0.4) is 0 Å². The number of fused-ring (bicyclic) bond motifs is 1. The zero-order chi connectivity index (χ0) is 13.9. The Kier molecular flexibility index (Phi) is 3.46. The van der Waals surface area contributed by atoms with Gasteiger partial charge in [0.05, 0.1) is 37.8 Å². The molecule has 0 unspecified atom stereocenters. The number of aromatic nitrogens is 5. The summed E-state index contributed by atoms with van der Waals surface area (Å²) in [6.07, 6.45) is 1.49. The minimum atomic E-state index is 0.0320. The second-order valence-corrected chi connectivity index (χ2v) is 4.56. The molecule has 1 aliphatic rings. The van der Waals surface area contributed by atoms with E-state index in [4.69, 9.17) is 9.47 Å². The lowest BCUT2D eigenvalue weighted by Crippen LogP contribution is -2.33. The molecule has 0 aliphatic carbocycles. The number of nitrogens with one attached hydrogen (secondary N) is 1. The molecule has 8 nitrogen and oxygen atoms in total. The lowest BCUT2D eigenvalue weighted by atomic mass is 10.2. The largest absolute Gasteiger partial charge is 0.481 e. The van der Waals surface area contributed by atoms with Crippen molar-refractivity contribution in [1.29, 1.82) is 0 Å². The summed E-state index contributed by atoms with van der Waals surface area (Å²) in [6.45, 7) is 3.80. The van der Waals surface area contributed by atoms with Gasteiger partial charge in [0.2, 0.25) is 5.88 Å². The summed E-state index contributed by atoms with van der Waals surface area (Å²) in [7, 11) is 1.57. The van der Waals surface area contributed by atoms with Gasteiger partial charge in [-0.05, 0) is 6.92 Å². The molecule has 0 amide bonds. The van der Waals surface area contributed by atoms with Gasteiger partial charge in [-0.1, -0.05) is 5.21 Å². The average Bonchev–Trinajstić information content (AvgIpc) is 2.86. The molecule has 3 heterocycles. The molecule has 1 atom stereocenters. The van der Waals surface area contributed by atoms with Gasteiger partial charge in [0.15, 0.2) is 0 Å². The Morgan fingerprint density at radius 2 is 2.40 bits per heavy atom. The molecule has 8 heteroatoms. The molecule has 1 aliphatic heterocycles. The van der Waals surface area contributed by atoms with Crippen LogP contribution in [0.2, 0.25) is 0 Å². The van der Waals surface area contributed by atoms with Crippen molar-refractivity contribution < 1.29 is 9.47 Å². The highest BCUT2D eigenvalue weighted by atomic mass is 16.5. The highest BCUT2D eigenvalue weighted by Crippen LogP contribution is 2.16. The molecule has 2 aromatic rings. The summed E-state index contributed by atoms with van der Waals surface area (Å²) in [5.41, 5.74) is 1.97. The maximum Gasteiger partial charge on any atom is 0.218 e. The number of nitrogens with zero attached hydrogens (tertiary/aromatic N) is 5. The quantitative estimate of drug-likeness (QED) is 0.864. The first-order chi connectivity index (χ1) is 9.76. The van der Waals surface area contributed by atoms with Crippen LogP contribution in [0.1, 0.15) is 11.4 Å². The summed E-state index contributed by atoms with van der Waals surface area (Å²) in [4.78, 5) is 8.09. The predicted octanol–water partition coefficient (Wildman–Crippen LogP) is 0.396. The van der Waals surface area contributed by atoms with E-state index in [-0.39, 0.29) is 6.10 Å². The maximum atomic E-state index is 5.78. The van der Waals surface area contributed by atoms with Crippen LogP contribution >= 0.6 is 0 Å². The molecule has 20 heavy (non-hydrogen) atoms. The Labute approximate surface area is 116 Å². The van der Waals surface area contributed by atoms with Gasteiger partial charge in [-0.15, -0.1) is 5.10 Å². The van der Waals surface area contributed by atoms with Crippen LogP contribution in [0.4, 0.5) is 5.82 Å². The summed E-state index contributed by atoms with van der Waals surface area (Å²) in [6, 6.07) is 1.74. The van der Waals surface area contributed by atoms with Crippen molar-refractivity contribution in [2.45, 2.75) is 26.2 Å². The fraction of sp³-hybridized carbons (Fsp3) is 0.500. The monoisotopic (exact) mass is 276 g/mol. The molecule has 106 valence electrons. The van der Waals surface area contributed by atoms with E-state index < -0.39 is 0 Å². The minimum Gasteiger partial charge on any atom is -0.481 e. The smallest absolute Gasteiger partial charge is 0.218 e. The molecule has 0 radical (unpaired) electrons. The molecule has 0 saturated carbocycles. The van der Waals surface area contributed by atoms with Gasteiger partial charge >= 0.3 is 0 Å². The normalized spacial score (nSPS) is 17.6. The molecule has 0 spiro atoms. The number of aryl methyl sites for hydroxylation is 1. The Morgan fingerprint density at radius 1 is 1.50 bits per heavy atom. The van der Waals surface area contributed by atoms with E-state index in [0.29, 0.717) is 31.4 Å². The van der Waals surface area contributed by atoms with Crippen molar-refractivity contribution in [3.63, 3.8) is 0 Å². The van der Waals surface area contributed by atoms with Crippen molar-refractivity contribution in [1.82, 2.24) is 25.0 Å². The van der Waals surface area contributed by atoms with E-state index in [9.17, 15) is 0 Å². The van der Waals surface area contributed by atoms with Crippen molar-refractivity contribution in [3.05, 3.63) is 23.8 Å². The van der Waals surface area contributed by atoms with Crippen LogP contribution in [-0.4, -0.2) is 44.7 Å². The zero-order valence-electron chi connectivity index (χ0n) is 11.4. The van der Waals surface area contributed by atoms with Gasteiger partial charge in [0.25, 0.3) is 0 Å². The third kappa shape index (κ3) is 2.55. The minimum absolute atomic E-state index is 0.0320. The average molecular weight is 276 g/mol. The maximum absolute atomic E-state index is 5.78. The second-order valence-electron chi connectivity index (χ2n) is 4.56. The van der Waals surface area contributed by atoms with Crippen LogP contribution in [0.25, 0.3) is 0 Å². The van der Waals surface area contributed by atoms with Crippen molar-refractivity contribution in [2.75, 3.05) is 19.0 Å². The SMILES string of the molecule is COc1cc(NC[C@@H]2Cn3nnc(C)c3CO2)ncn1. The van der Waals surface area contributed by atoms with E-state index in [2.05, 4.69) is 25.6 Å². The van der Waals surface area contributed by atoms with E-state index >= 15 is 0 Å². The van der Waals surface area contributed by atoms with Gasteiger partial charge in [-0.25, -0.2) is 14.6 Å². The second kappa shape index (κ2) is 5.41. The van der Waals surface area contributed by atoms with E-state index in [1.165, 1.54) is 6.33 Å².